The van der Waals surface area contributed by atoms with Crippen molar-refractivity contribution in [2.75, 3.05) is 12.4 Å². The van der Waals surface area contributed by atoms with E-state index in [9.17, 15) is 4.79 Å². The van der Waals surface area contributed by atoms with Gasteiger partial charge in [0, 0.05) is 12.6 Å². The van der Waals surface area contributed by atoms with Gasteiger partial charge in [-0.25, -0.2) is 9.78 Å². The first-order chi connectivity index (χ1) is 9.43. The second-order valence-corrected chi connectivity index (χ2v) is 4.92. The number of nitrogens with one attached hydrogen (secondary N) is 1. The predicted octanol–water partition coefficient (Wildman–Crippen LogP) is 3.41. The molecule has 104 valence electrons. The highest BCUT2D eigenvalue weighted by atomic mass is 16.4. The number of aromatic carboxylic acids is 1. The van der Waals surface area contributed by atoms with Crippen molar-refractivity contribution in [3.05, 3.63) is 46.5 Å². The van der Waals surface area contributed by atoms with Crippen molar-refractivity contribution < 1.29 is 9.90 Å². The molecule has 20 heavy (non-hydrogen) atoms. The van der Waals surface area contributed by atoms with Crippen LogP contribution in [0.1, 0.15) is 27.0 Å². The lowest BCUT2D eigenvalue weighted by Gasteiger charge is -2.13. The van der Waals surface area contributed by atoms with Gasteiger partial charge in [-0.15, -0.1) is 0 Å². The maximum Gasteiger partial charge on any atom is 0.339 e. The SMILES string of the molecule is CNc1nc(-c2c(C)cc(C)cc2C)ccc1C(=O)O. The van der Waals surface area contributed by atoms with Gasteiger partial charge in [-0.1, -0.05) is 17.7 Å². The van der Waals surface area contributed by atoms with Crippen LogP contribution in [0, 0.1) is 20.8 Å². The molecule has 4 nitrogen and oxygen atoms in total. The Morgan fingerprint density at radius 3 is 2.25 bits per heavy atom. The molecule has 2 N–H and O–H groups in total. The summed E-state index contributed by atoms with van der Waals surface area (Å²) in [6.45, 7) is 6.14. The van der Waals surface area contributed by atoms with E-state index in [0.29, 0.717) is 5.82 Å². The quantitative estimate of drug-likeness (QED) is 0.897. The molecule has 0 fully saturated rings. The van der Waals surface area contributed by atoms with E-state index < -0.39 is 5.97 Å². The van der Waals surface area contributed by atoms with Crippen LogP contribution in [0.4, 0.5) is 5.82 Å². The molecule has 0 unspecified atom stereocenters. The Bertz CT molecular complexity index is 655. The first-order valence-electron chi connectivity index (χ1n) is 6.44. The Hall–Kier alpha value is -2.36. The summed E-state index contributed by atoms with van der Waals surface area (Å²) in [5.41, 5.74) is 5.51. The van der Waals surface area contributed by atoms with Gasteiger partial charge in [0.15, 0.2) is 0 Å². The normalized spacial score (nSPS) is 10.4. The lowest BCUT2D eigenvalue weighted by atomic mass is 9.96. The Morgan fingerprint density at radius 1 is 1.15 bits per heavy atom. The third kappa shape index (κ3) is 2.50. The fraction of sp³-hybridized carbons (Fsp3) is 0.250. The molecule has 4 heteroatoms. The molecule has 0 aliphatic heterocycles. The molecule has 0 amide bonds. The average Bonchev–Trinajstić information content (AvgIpc) is 2.37. The van der Waals surface area contributed by atoms with E-state index in [1.165, 1.54) is 5.56 Å². The summed E-state index contributed by atoms with van der Waals surface area (Å²) in [7, 11) is 1.67. The molecule has 2 aromatic rings. The lowest BCUT2D eigenvalue weighted by molar-refractivity contribution is 0.0697. The average molecular weight is 270 g/mol. The fourth-order valence-corrected chi connectivity index (χ4v) is 2.55. The minimum absolute atomic E-state index is 0.179. The number of carbonyl (C=O) groups is 1. The zero-order valence-electron chi connectivity index (χ0n) is 12.1. The van der Waals surface area contributed by atoms with Crippen molar-refractivity contribution in [2.24, 2.45) is 0 Å². The van der Waals surface area contributed by atoms with Gasteiger partial charge in [-0.2, -0.15) is 0 Å². The number of carboxylic acids is 1. The standard InChI is InChI=1S/C16H18N2O2/c1-9-7-10(2)14(11(3)8-9)13-6-5-12(16(19)20)15(17-4)18-13/h5-8H,1-4H3,(H,17,18)(H,19,20). The molecule has 1 heterocycles. The van der Waals surface area contributed by atoms with E-state index in [1.54, 1.807) is 19.2 Å². The van der Waals surface area contributed by atoms with Gasteiger partial charge >= 0.3 is 5.97 Å². The van der Waals surface area contributed by atoms with Crippen LogP contribution in [0.25, 0.3) is 11.3 Å². The summed E-state index contributed by atoms with van der Waals surface area (Å²) >= 11 is 0. The van der Waals surface area contributed by atoms with Crippen molar-refractivity contribution in [2.45, 2.75) is 20.8 Å². The molecule has 0 saturated carbocycles. The largest absolute Gasteiger partial charge is 0.478 e. The molecular weight excluding hydrogens is 252 g/mol. The number of hydrogen-bond acceptors (Lipinski definition) is 3. The molecule has 0 bridgehead atoms. The lowest BCUT2D eigenvalue weighted by Crippen LogP contribution is -2.06. The molecule has 0 aliphatic carbocycles. The van der Waals surface area contributed by atoms with Crippen LogP contribution >= 0.6 is 0 Å². The van der Waals surface area contributed by atoms with Crippen molar-refractivity contribution in [3.63, 3.8) is 0 Å². The van der Waals surface area contributed by atoms with Crippen LogP contribution < -0.4 is 5.32 Å². The number of rotatable bonds is 3. The van der Waals surface area contributed by atoms with Crippen LogP contribution in [0.5, 0.6) is 0 Å². The number of anilines is 1. The number of hydrogen-bond donors (Lipinski definition) is 2. The first-order valence-corrected chi connectivity index (χ1v) is 6.44. The van der Waals surface area contributed by atoms with E-state index >= 15 is 0 Å². The summed E-state index contributed by atoms with van der Waals surface area (Å²) in [6.07, 6.45) is 0. The van der Waals surface area contributed by atoms with E-state index in [0.717, 1.165) is 22.4 Å². The monoisotopic (exact) mass is 270 g/mol. The smallest absolute Gasteiger partial charge is 0.339 e. The topological polar surface area (TPSA) is 62.2 Å². The second-order valence-electron chi connectivity index (χ2n) is 4.92. The highest BCUT2D eigenvalue weighted by molar-refractivity contribution is 5.93. The number of aromatic nitrogens is 1. The van der Waals surface area contributed by atoms with Crippen molar-refractivity contribution in [1.82, 2.24) is 4.98 Å². The molecular formula is C16H18N2O2. The Kier molecular flexibility index (Phi) is 3.74. The third-order valence-corrected chi connectivity index (χ3v) is 3.30. The highest BCUT2D eigenvalue weighted by Gasteiger charge is 2.14. The number of benzene rings is 1. The van der Waals surface area contributed by atoms with Gasteiger partial charge in [0.2, 0.25) is 0 Å². The number of pyridine rings is 1. The molecule has 1 aromatic heterocycles. The fourth-order valence-electron chi connectivity index (χ4n) is 2.55. The van der Waals surface area contributed by atoms with Crippen LogP contribution in [0.15, 0.2) is 24.3 Å². The summed E-state index contributed by atoms with van der Waals surface area (Å²) in [4.78, 5) is 15.6. The van der Waals surface area contributed by atoms with Crippen molar-refractivity contribution in [3.8, 4) is 11.3 Å². The zero-order chi connectivity index (χ0) is 14.9. The maximum atomic E-state index is 11.1. The second kappa shape index (κ2) is 5.33. The molecule has 0 radical (unpaired) electrons. The Labute approximate surface area is 118 Å². The molecule has 0 aliphatic rings. The van der Waals surface area contributed by atoms with Crippen LogP contribution in [0.2, 0.25) is 0 Å². The van der Waals surface area contributed by atoms with Gasteiger partial charge < -0.3 is 10.4 Å². The molecule has 0 spiro atoms. The number of carboxylic acid groups (broad SMARTS) is 1. The minimum atomic E-state index is -0.981. The van der Waals surface area contributed by atoms with Gasteiger partial charge in [0.25, 0.3) is 0 Å². The highest BCUT2D eigenvalue weighted by Crippen LogP contribution is 2.28. The van der Waals surface area contributed by atoms with Gasteiger partial charge in [-0.05, 0) is 44.0 Å². The summed E-state index contributed by atoms with van der Waals surface area (Å²) in [5, 5.41) is 12.0. The third-order valence-electron chi connectivity index (χ3n) is 3.30. The van der Waals surface area contributed by atoms with Crippen LogP contribution in [-0.2, 0) is 0 Å². The van der Waals surface area contributed by atoms with Crippen LogP contribution in [0.3, 0.4) is 0 Å². The molecule has 0 atom stereocenters. The minimum Gasteiger partial charge on any atom is -0.478 e. The van der Waals surface area contributed by atoms with Gasteiger partial charge in [-0.3, -0.25) is 0 Å². The summed E-state index contributed by atoms with van der Waals surface area (Å²) in [5.74, 6) is -0.597. The number of aryl methyl sites for hydroxylation is 3. The van der Waals surface area contributed by atoms with Crippen molar-refractivity contribution >= 4 is 11.8 Å². The summed E-state index contributed by atoms with van der Waals surface area (Å²) < 4.78 is 0. The van der Waals surface area contributed by atoms with Crippen molar-refractivity contribution in [1.29, 1.82) is 0 Å². The van der Waals surface area contributed by atoms with Crippen LogP contribution in [-0.4, -0.2) is 23.1 Å². The van der Waals surface area contributed by atoms with Gasteiger partial charge in [0.05, 0.1) is 5.69 Å². The predicted molar refractivity (Wildman–Crippen MR) is 80.4 cm³/mol. The first kappa shape index (κ1) is 14.1. The Morgan fingerprint density at radius 2 is 1.75 bits per heavy atom. The van der Waals surface area contributed by atoms with E-state index in [-0.39, 0.29) is 5.56 Å². The van der Waals surface area contributed by atoms with E-state index in [2.05, 4.69) is 29.4 Å². The summed E-state index contributed by atoms with van der Waals surface area (Å²) in [6, 6.07) is 7.56. The molecule has 0 saturated heterocycles. The Balaban J connectivity index is 2.63. The maximum absolute atomic E-state index is 11.1. The van der Waals surface area contributed by atoms with E-state index in [4.69, 9.17) is 5.11 Å². The molecule has 1 aromatic carbocycles. The number of nitrogens with zero attached hydrogens (tertiary/aromatic N) is 1. The van der Waals surface area contributed by atoms with Gasteiger partial charge in [0.1, 0.15) is 11.4 Å². The van der Waals surface area contributed by atoms with E-state index in [1.807, 2.05) is 13.8 Å². The molecule has 2 rings (SSSR count). The zero-order valence-corrected chi connectivity index (χ0v) is 12.1.